The van der Waals surface area contributed by atoms with Crippen LogP contribution in [0.1, 0.15) is 43.7 Å². The molecule has 0 aliphatic carbocycles. The minimum Gasteiger partial charge on any atom is -0.370 e. The highest BCUT2D eigenvalue weighted by Gasteiger charge is 2.37. The van der Waals surface area contributed by atoms with Gasteiger partial charge in [0.2, 0.25) is 0 Å². The number of pyridine rings is 1. The number of guanidine groups is 2. The minimum atomic E-state index is -0.849. The molecule has 1 aromatic carbocycles. The molecule has 2 aliphatic rings. The average molecular weight is 383 g/mol. The number of fused-ring (bicyclic) bond motifs is 1. The maximum atomic E-state index is 14.1. The van der Waals surface area contributed by atoms with Gasteiger partial charge >= 0.3 is 0 Å². The van der Waals surface area contributed by atoms with Crippen molar-refractivity contribution in [2.45, 2.75) is 45.2 Å². The number of aromatic nitrogens is 1. The Balaban J connectivity index is 1.90. The van der Waals surface area contributed by atoms with E-state index in [-0.39, 0.29) is 23.7 Å². The van der Waals surface area contributed by atoms with Crippen LogP contribution < -0.4 is 21.7 Å². The molecule has 2 aliphatic heterocycles. The zero-order chi connectivity index (χ0) is 20.1. The summed E-state index contributed by atoms with van der Waals surface area (Å²) in [5, 5.41) is 3.64. The van der Waals surface area contributed by atoms with E-state index in [2.05, 4.69) is 33.2 Å². The number of rotatable bonds is 3. The number of hydrogen-bond donors (Lipinski definition) is 3. The highest BCUT2D eigenvalue weighted by Crippen LogP contribution is 2.40. The lowest BCUT2D eigenvalue weighted by atomic mass is 9.88. The predicted molar refractivity (Wildman–Crippen MR) is 111 cm³/mol. The van der Waals surface area contributed by atoms with Gasteiger partial charge in [-0.25, -0.2) is 19.4 Å². The number of nitrogens with two attached hydrogens (primary N) is 2. The van der Waals surface area contributed by atoms with Crippen molar-refractivity contribution in [1.82, 2.24) is 10.3 Å². The summed E-state index contributed by atoms with van der Waals surface area (Å²) in [6.45, 7) is 7.60. The molecule has 1 fully saturated rings. The molecule has 0 bridgehead atoms. The van der Waals surface area contributed by atoms with E-state index in [1.54, 1.807) is 13.0 Å². The summed E-state index contributed by atoms with van der Waals surface area (Å²) in [6.07, 6.45) is 2.24. The highest BCUT2D eigenvalue weighted by molar-refractivity contribution is 5.99. The van der Waals surface area contributed by atoms with E-state index >= 15 is 0 Å². The van der Waals surface area contributed by atoms with Crippen LogP contribution in [0.2, 0.25) is 0 Å². The van der Waals surface area contributed by atoms with Crippen molar-refractivity contribution < 1.29 is 4.39 Å². The third-order valence-electron chi connectivity index (χ3n) is 5.83. The molecular weight excluding hydrogens is 357 g/mol. The monoisotopic (exact) mass is 383 g/mol. The first-order chi connectivity index (χ1) is 13.3. The van der Waals surface area contributed by atoms with Crippen LogP contribution in [0.4, 0.5) is 10.2 Å². The number of anilines is 1. The second kappa shape index (κ2) is 6.61. The van der Waals surface area contributed by atoms with E-state index in [1.807, 2.05) is 6.92 Å². The molecule has 1 saturated heterocycles. The van der Waals surface area contributed by atoms with Gasteiger partial charge in [0.1, 0.15) is 11.6 Å². The summed E-state index contributed by atoms with van der Waals surface area (Å²) in [5.41, 5.74) is 13.2. The van der Waals surface area contributed by atoms with Gasteiger partial charge in [-0.15, -0.1) is 0 Å². The smallest absolute Gasteiger partial charge is 0.197 e. The molecule has 148 valence electrons. The standard InChI is InChI=1S/C20H26FN7/c1-11-15(21)7-6-13-10-14(17(24-16(11)13)28-8-4-5-9-28)12(2)20(3)26-18(22)25-19(23)27-20/h6-7,10,12H,4-5,8-9H2,1-3H3,(H5,22,23,25,26,27). The van der Waals surface area contributed by atoms with Crippen molar-refractivity contribution in [3.8, 4) is 0 Å². The number of aliphatic imine (C=N–C) groups is 2. The first-order valence-electron chi connectivity index (χ1n) is 9.61. The van der Waals surface area contributed by atoms with Crippen molar-refractivity contribution >= 4 is 28.6 Å². The second-order valence-corrected chi connectivity index (χ2v) is 7.77. The third-order valence-corrected chi connectivity index (χ3v) is 5.83. The van der Waals surface area contributed by atoms with E-state index in [9.17, 15) is 4.39 Å². The molecule has 28 heavy (non-hydrogen) atoms. The van der Waals surface area contributed by atoms with Gasteiger partial charge in [-0.3, -0.25) is 5.32 Å². The molecule has 4 rings (SSSR count). The van der Waals surface area contributed by atoms with Gasteiger partial charge in [-0.1, -0.05) is 6.92 Å². The van der Waals surface area contributed by atoms with E-state index in [0.29, 0.717) is 11.1 Å². The lowest BCUT2D eigenvalue weighted by Crippen LogP contribution is -2.50. The Bertz CT molecular complexity index is 974. The van der Waals surface area contributed by atoms with Crippen LogP contribution in [-0.4, -0.2) is 35.7 Å². The van der Waals surface area contributed by atoms with Crippen molar-refractivity contribution in [3.63, 3.8) is 0 Å². The summed E-state index contributed by atoms with van der Waals surface area (Å²) in [7, 11) is 0. The molecule has 1 unspecified atom stereocenters. The highest BCUT2D eigenvalue weighted by atomic mass is 19.1. The Labute approximate surface area is 163 Å². The maximum absolute atomic E-state index is 14.1. The largest absolute Gasteiger partial charge is 0.370 e. The van der Waals surface area contributed by atoms with Crippen LogP contribution in [-0.2, 0) is 0 Å². The third kappa shape index (κ3) is 3.02. The van der Waals surface area contributed by atoms with Gasteiger partial charge < -0.3 is 16.4 Å². The van der Waals surface area contributed by atoms with Crippen molar-refractivity contribution in [2.75, 3.05) is 18.0 Å². The summed E-state index contributed by atoms with van der Waals surface area (Å²) in [4.78, 5) is 16.2. The van der Waals surface area contributed by atoms with Crippen molar-refractivity contribution in [1.29, 1.82) is 0 Å². The van der Waals surface area contributed by atoms with E-state index in [4.69, 9.17) is 16.5 Å². The molecule has 1 atom stereocenters. The van der Waals surface area contributed by atoms with Gasteiger partial charge in [0, 0.05) is 35.5 Å². The van der Waals surface area contributed by atoms with Gasteiger partial charge in [0.25, 0.3) is 0 Å². The van der Waals surface area contributed by atoms with Crippen LogP contribution in [0.5, 0.6) is 0 Å². The normalized spacial score (nSPS) is 19.9. The lowest BCUT2D eigenvalue weighted by Gasteiger charge is -2.34. The fourth-order valence-corrected chi connectivity index (χ4v) is 4.05. The number of halogens is 1. The molecule has 8 heteroatoms. The zero-order valence-corrected chi connectivity index (χ0v) is 16.5. The maximum Gasteiger partial charge on any atom is 0.197 e. The minimum absolute atomic E-state index is 0.135. The number of hydrogen-bond acceptors (Lipinski definition) is 7. The first-order valence-corrected chi connectivity index (χ1v) is 9.61. The van der Waals surface area contributed by atoms with Gasteiger partial charge in [0.05, 0.1) is 5.52 Å². The molecule has 5 N–H and O–H groups in total. The second-order valence-electron chi connectivity index (χ2n) is 7.77. The molecular formula is C20H26FN7. The average Bonchev–Trinajstić information content (AvgIpc) is 3.17. The summed E-state index contributed by atoms with van der Waals surface area (Å²) < 4.78 is 14.1. The molecule has 0 amide bonds. The Morgan fingerprint density at radius 1 is 1.18 bits per heavy atom. The predicted octanol–water partition coefficient (Wildman–Crippen LogP) is 2.33. The van der Waals surface area contributed by atoms with Crippen LogP contribution in [0.25, 0.3) is 10.9 Å². The molecule has 2 aromatic rings. The Hall–Kier alpha value is -2.90. The summed E-state index contributed by atoms with van der Waals surface area (Å²) in [5.74, 6) is 0.985. The van der Waals surface area contributed by atoms with Crippen LogP contribution in [0.3, 0.4) is 0 Å². The Morgan fingerprint density at radius 2 is 1.82 bits per heavy atom. The summed E-state index contributed by atoms with van der Waals surface area (Å²) in [6, 6.07) is 5.34. The quantitative estimate of drug-likeness (QED) is 0.754. The Kier molecular flexibility index (Phi) is 4.36. The van der Waals surface area contributed by atoms with Gasteiger partial charge in [-0.05, 0) is 44.9 Å². The van der Waals surface area contributed by atoms with E-state index < -0.39 is 5.66 Å². The van der Waals surface area contributed by atoms with Crippen LogP contribution in [0.15, 0.2) is 28.2 Å². The number of nitrogens with one attached hydrogen (secondary N) is 1. The number of aryl methyl sites for hydroxylation is 1. The van der Waals surface area contributed by atoms with E-state index in [1.165, 1.54) is 6.07 Å². The Morgan fingerprint density at radius 3 is 2.46 bits per heavy atom. The van der Waals surface area contributed by atoms with Crippen LogP contribution in [0, 0.1) is 12.7 Å². The fraction of sp³-hybridized carbons (Fsp3) is 0.450. The molecule has 0 saturated carbocycles. The summed E-state index contributed by atoms with van der Waals surface area (Å²) >= 11 is 0. The van der Waals surface area contributed by atoms with Crippen molar-refractivity contribution in [2.24, 2.45) is 21.5 Å². The molecule has 0 radical (unpaired) electrons. The number of nitrogens with zero attached hydrogens (tertiary/aromatic N) is 4. The molecule has 7 nitrogen and oxygen atoms in total. The van der Waals surface area contributed by atoms with Gasteiger partial charge in [0.15, 0.2) is 17.6 Å². The lowest BCUT2D eigenvalue weighted by molar-refractivity contribution is 0.410. The van der Waals surface area contributed by atoms with Crippen LogP contribution >= 0.6 is 0 Å². The number of benzene rings is 1. The molecule has 1 aromatic heterocycles. The van der Waals surface area contributed by atoms with E-state index in [0.717, 1.165) is 42.7 Å². The topological polar surface area (TPSA) is 105 Å². The van der Waals surface area contributed by atoms with Crippen molar-refractivity contribution in [3.05, 3.63) is 35.1 Å². The zero-order valence-electron chi connectivity index (χ0n) is 16.5. The molecule has 0 spiro atoms. The SMILES string of the molecule is Cc1c(F)ccc2cc(C(C)C3(C)N=C(N)NC(N)=N3)c(N3CCCC3)nc12. The molecule has 3 heterocycles. The fourth-order valence-electron chi connectivity index (χ4n) is 4.05. The first kappa shape index (κ1) is 18.5. The van der Waals surface area contributed by atoms with Gasteiger partial charge in [-0.2, -0.15) is 0 Å².